The van der Waals surface area contributed by atoms with E-state index in [4.69, 9.17) is 23.2 Å². The monoisotopic (exact) mass is 209 g/mol. The van der Waals surface area contributed by atoms with Crippen molar-refractivity contribution in [2.75, 3.05) is 0 Å². The Kier molecular flexibility index (Phi) is 4.33. The molecule has 0 aliphatic rings. The minimum absolute atomic E-state index is 0. The molecule has 1 aromatic rings. The van der Waals surface area contributed by atoms with Gasteiger partial charge in [-0.2, -0.15) is 0 Å². The fourth-order valence-electron chi connectivity index (χ4n) is 0.439. The smallest absolute Gasteiger partial charge is 0.0592 e. The molecule has 0 atom stereocenters. The molecular formula is C6H4Cl2Cu. The van der Waals surface area contributed by atoms with E-state index in [1.807, 2.05) is 12.1 Å². The molecule has 0 unspecified atom stereocenters. The van der Waals surface area contributed by atoms with Gasteiger partial charge >= 0.3 is 0 Å². The van der Waals surface area contributed by atoms with Crippen molar-refractivity contribution in [3.63, 3.8) is 0 Å². The molecule has 0 aromatic heterocycles. The van der Waals surface area contributed by atoms with Crippen molar-refractivity contribution < 1.29 is 17.1 Å². The summed E-state index contributed by atoms with van der Waals surface area (Å²) in [5.41, 5.74) is 0. The fraction of sp³-hybridized carbons (Fsp3) is 0. The number of rotatable bonds is 0. The Balaban J connectivity index is 0.000000640. The van der Waals surface area contributed by atoms with E-state index in [9.17, 15) is 0 Å². The van der Waals surface area contributed by atoms with Crippen LogP contribution in [-0.2, 0) is 17.1 Å². The van der Waals surface area contributed by atoms with Gasteiger partial charge in [-0.3, -0.25) is 0 Å². The number of halogens is 2. The number of hydrogen-bond donors (Lipinski definition) is 0. The second-order valence-corrected chi connectivity index (χ2v) is 2.23. The van der Waals surface area contributed by atoms with Crippen LogP contribution >= 0.6 is 23.2 Å². The van der Waals surface area contributed by atoms with Crippen LogP contribution in [0.3, 0.4) is 0 Å². The summed E-state index contributed by atoms with van der Waals surface area (Å²) in [6, 6.07) is 7.19. The van der Waals surface area contributed by atoms with E-state index in [-0.39, 0.29) is 17.1 Å². The van der Waals surface area contributed by atoms with Crippen LogP contribution in [-0.4, -0.2) is 0 Å². The van der Waals surface area contributed by atoms with Gasteiger partial charge in [0.2, 0.25) is 0 Å². The van der Waals surface area contributed by atoms with Crippen LogP contribution in [0.25, 0.3) is 0 Å². The zero-order chi connectivity index (χ0) is 5.98. The van der Waals surface area contributed by atoms with Crippen molar-refractivity contribution in [1.82, 2.24) is 0 Å². The van der Waals surface area contributed by atoms with Crippen molar-refractivity contribution in [2.24, 2.45) is 0 Å². The first-order valence-electron chi connectivity index (χ1n) is 2.21. The summed E-state index contributed by atoms with van der Waals surface area (Å²) in [7, 11) is 0. The van der Waals surface area contributed by atoms with Crippen LogP contribution in [0.5, 0.6) is 0 Å². The summed E-state index contributed by atoms with van der Waals surface area (Å²) in [4.78, 5) is 0. The Morgan fingerprint density at radius 2 is 1.22 bits per heavy atom. The van der Waals surface area contributed by atoms with Gasteiger partial charge in [-0.05, 0) is 12.1 Å². The van der Waals surface area contributed by atoms with Crippen molar-refractivity contribution in [3.05, 3.63) is 34.3 Å². The minimum atomic E-state index is 0. The summed E-state index contributed by atoms with van der Waals surface area (Å²) >= 11 is 11.2. The molecule has 0 saturated carbocycles. The van der Waals surface area contributed by atoms with Crippen LogP contribution in [0.15, 0.2) is 24.3 Å². The Morgan fingerprint density at radius 3 is 1.44 bits per heavy atom. The Bertz CT molecular complexity index is 167. The molecule has 0 aliphatic carbocycles. The standard InChI is InChI=1S/C6H4Cl2.Cu/c7-5-3-1-2-4-6(5)8;/h1-4H;. The first-order valence-corrected chi connectivity index (χ1v) is 2.96. The zero-order valence-electron chi connectivity index (χ0n) is 4.37. The molecule has 0 heterocycles. The molecule has 1 radical (unpaired) electrons. The van der Waals surface area contributed by atoms with E-state index in [1.54, 1.807) is 12.1 Å². The van der Waals surface area contributed by atoms with Crippen LogP contribution in [0.1, 0.15) is 0 Å². The normalized spacial score (nSPS) is 8.22. The van der Waals surface area contributed by atoms with Gasteiger partial charge in [0.25, 0.3) is 0 Å². The average molecular weight is 211 g/mol. The van der Waals surface area contributed by atoms with Gasteiger partial charge in [-0.15, -0.1) is 0 Å². The van der Waals surface area contributed by atoms with Crippen molar-refractivity contribution in [2.45, 2.75) is 0 Å². The molecule has 1 rings (SSSR count). The molecule has 0 N–H and O–H groups in total. The average Bonchev–Trinajstić information content (AvgIpc) is 1.77. The SMILES string of the molecule is Clc1ccccc1Cl.[Cu]. The molecule has 0 fully saturated rings. The van der Waals surface area contributed by atoms with Gasteiger partial charge in [-0.25, -0.2) is 0 Å². The van der Waals surface area contributed by atoms with Gasteiger partial charge in [0.15, 0.2) is 0 Å². The second-order valence-electron chi connectivity index (χ2n) is 1.41. The summed E-state index contributed by atoms with van der Waals surface area (Å²) in [5, 5.41) is 1.21. The Hall–Kier alpha value is 0.319. The summed E-state index contributed by atoms with van der Waals surface area (Å²) in [5.74, 6) is 0. The Morgan fingerprint density at radius 1 is 0.889 bits per heavy atom. The quantitative estimate of drug-likeness (QED) is 0.578. The predicted octanol–water partition coefficient (Wildman–Crippen LogP) is 2.99. The molecule has 9 heavy (non-hydrogen) atoms. The third-order valence-electron chi connectivity index (χ3n) is 0.824. The molecule has 3 heteroatoms. The molecule has 0 saturated heterocycles. The van der Waals surface area contributed by atoms with Crippen LogP contribution in [0.4, 0.5) is 0 Å². The molecular weight excluding hydrogens is 207 g/mol. The molecule has 53 valence electrons. The first kappa shape index (κ1) is 9.32. The molecule has 0 spiro atoms. The van der Waals surface area contributed by atoms with Gasteiger partial charge in [-0.1, -0.05) is 35.3 Å². The Labute approximate surface area is 74.6 Å². The fourth-order valence-corrected chi connectivity index (χ4v) is 0.711. The summed E-state index contributed by atoms with van der Waals surface area (Å²) < 4.78 is 0. The third-order valence-corrected chi connectivity index (χ3v) is 1.58. The van der Waals surface area contributed by atoms with E-state index < -0.39 is 0 Å². The van der Waals surface area contributed by atoms with Crippen molar-refractivity contribution in [1.29, 1.82) is 0 Å². The van der Waals surface area contributed by atoms with Gasteiger partial charge in [0.05, 0.1) is 10.0 Å². The van der Waals surface area contributed by atoms with E-state index in [1.165, 1.54) is 0 Å². The maximum atomic E-state index is 5.58. The van der Waals surface area contributed by atoms with Crippen LogP contribution in [0, 0.1) is 0 Å². The van der Waals surface area contributed by atoms with Gasteiger partial charge in [0, 0.05) is 17.1 Å². The van der Waals surface area contributed by atoms with Crippen LogP contribution in [0.2, 0.25) is 10.0 Å². The van der Waals surface area contributed by atoms with E-state index in [0.717, 1.165) is 0 Å². The second kappa shape index (κ2) is 4.19. The van der Waals surface area contributed by atoms with E-state index in [2.05, 4.69) is 0 Å². The van der Waals surface area contributed by atoms with Gasteiger partial charge in [0.1, 0.15) is 0 Å². The van der Waals surface area contributed by atoms with Crippen LogP contribution < -0.4 is 0 Å². The molecule has 0 amide bonds. The minimum Gasteiger partial charge on any atom is -0.0827 e. The van der Waals surface area contributed by atoms with Crippen molar-refractivity contribution in [3.8, 4) is 0 Å². The zero-order valence-corrected chi connectivity index (χ0v) is 6.82. The summed E-state index contributed by atoms with van der Waals surface area (Å²) in [6.07, 6.45) is 0. The predicted molar refractivity (Wildman–Crippen MR) is 36.5 cm³/mol. The first-order chi connectivity index (χ1) is 3.80. The maximum absolute atomic E-state index is 5.58. The molecule has 0 aliphatic heterocycles. The summed E-state index contributed by atoms with van der Waals surface area (Å²) in [6.45, 7) is 0. The topological polar surface area (TPSA) is 0 Å². The van der Waals surface area contributed by atoms with E-state index in [0.29, 0.717) is 10.0 Å². The van der Waals surface area contributed by atoms with Gasteiger partial charge < -0.3 is 0 Å². The molecule has 0 nitrogen and oxygen atoms in total. The third kappa shape index (κ3) is 2.59. The number of benzene rings is 1. The molecule has 1 aromatic carbocycles. The van der Waals surface area contributed by atoms with Crippen molar-refractivity contribution >= 4 is 23.2 Å². The largest absolute Gasteiger partial charge is 0.0827 e. The number of hydrogen-bond acceptors (Lipinski definition) is 0. The maximum Gasteiger partial charge on any atom is 0.0592 e. The molecule has 0 bridgehead atoms. The van der Waals surface area contributed by atoms with E-state index >= 15 is 0 Å².